The van der Waals surface area contributed by atoms with Crippen LogP contribution >= 0.6 is 11.3 Å². The second kappa shape index (κ2) is 5.71. The zero-order chi connectivity index (χ0) is 13.0. The predicted octanol–water partition coefficient (Wildman–Crippen LogP) is 3.14. The van der Waals surface area contributed by atoms with E-state index in [-0.39, 0.29) is 11.5 Å². The second-order valence-electron chi connectivity index (χ2n) is 4.25. The lowest BCUT2D eigenvalue weighted by molar-refractivity contribution is 0.595. The molecule has 1 heterocycles. The quantitative estimate of drug-likeness (QED) is 0.886. The minimum Gasteiger partial charge on any atom is -0.384 e. The summed E-state index contributed by atoms with van der Waals surface area (Å²) in [5.74, 6) is 0.473. The summed E-state index contributed by atoms with van der Waals surface area (Å²) in [4.78, 5) is 0. The summed E-state index contributed by atoms with van der Waals surface area (Å²) in [5, 5.41) is 6.42. The minimum absolute atomic E-state index is 0.197. The average molecular weight is 283 g/mol. The highest BCUT2D eigenvalue weighted by Gasteiger charge is 2.08. The van der Waals surface area contributed by atoms with E-state index in [9.17, 15) is 8.42 Å². The smallest absolute Gasteiger partial charge is 0.152 e. The van der Waals surface area contributed by atoms with Gasteiger partial charge in [0.25, 0.3) is 0 Å². The first kappa shape index (κ1) is 13.4. The third-order valence-corrected chi connectivity index (χ3v) is 5.46. The zero-order valence-corrected chi connectivity index (χ0v) is 12.0. The van der Waals surface area contributed by atoms with Gasteiger partial charge in [-0.1, -0.05) is 6.92 Å². The van der Waals surface area contributed by atoms with Gasteiger partial charge in [0.1, 0.15) is 0 Å². The summed E-state index contributed by atoms with van der Waals surface area (Å²) in [6.45, 7) is 2.35. The summed E-state index contributed by atoms with van der Waals surface area (Å²) in [6.07, 6.45) is 0.684. The maximum absolute atomic E-state index is 11.6. The number of sulfone groups is 1. The molecule has 0 aliphatic rings. The maximum atomic E-state index is 11.6. The van der Waals surface area contributed by atoms with E-state index in [1.165, 1.54) is 10.1 Å². The maximum Gasteiger partial charge on any atom is 0.152 e. The molecule has 2 rings (SSSR count). The fraction of sp³-hybridized carbons (Fsp3) is 0.385. The molecule has 1 N–H and O–H groups in total. The van der Waals surface area contributed by atoms with Crippen LogP contribution in [0.15, 0.2) is 29.6 Å². The first-order valence-electron chi connectivity index (χ1n) is 6.02. The Morgan fingerprint density at radius 2 is 2.06 bits per heavy atom. The van der Waals surface area contributed by atoms with Crippen molar-refractivity contribution >= 4 is 36.9 Å². The van der Waals surface area contributed by atoms with Gasteiger partial charge in [-0.3, -0.25) is 0 Å². The number of hydrogen-bond donors (Lipinski definition) is 1. The SMILES string of the molecule is CCCS(=O)(=O)CCNc1ccc2sccc2c1. The van der Waals surface area contributed by atoms with E-state index in [0.717, 1.165) is 5.69 Å². The Labute approximate surface area is 112 Å². The van der Waals surface area contributed by atoms with E-state index >= 15 is 0 Å². The van der Waals surface area contributed by atoms with Crippen LogP contribution in [0, 0.1) is 0 Å². The molecular formula is C13H17NO2S2. The molecular weight excluding hydrogens is 266 g/mol. The minimum atomic E-state index is -2.89. The van der Waals surface area contributed by atoms with Crippen molar-refractivity contribution in [3.8, 4) is 0 Å². The molecule has 0 saturated carbocycles. The summed E-state index contributed by atoms with van der Waals surface area (Å²) in [7, 11) is -2.89. The Morgan fingerprint density at radius 1 is 1.22 bits per heavy atom. The Kier molecular flexibility index (Phi) is 4.24. The molecule has 0 radical (unpaired) electrons. The van der Waals surface area contributed by atoms with Gasteiger partial charge in [0.2, 0.25) is 0 Å². The van der Waals surface area contributed by atoms with Crippen LogP contribution in [0.3, 0.4) is 0 Å². The molecule has 0 spiro atoms. The number of benzene rings is 1. The van der Waals surface area contributed by atoms with E-state index in [1.54, 1.807) is 11.3 Å². The largest absolute Gasteiger partial charge is 0.384 e. The van der Waals surface area contributed by atoms with Crippen LogP contribution in [0.5, 0.6) is 0 Å². The van der Waals surface area contributed by atoms with Crippen molar-refractivity contribution in [2.45, 2.75) is 13.3 Å². The van der Waals surface area contributed by atoms with Crippen molar-refractivity contribution in [3.05, 3.63) is 29.6 Å². The first-order chi connectivity index (χ1) is 8.61. The molecule has 0 bridgehead atoms. The number of thiophene rings is 1. The number of nitrogens with one attached hydrogen (secondary N) is 1. The lowest BCUT2D eigenvalue weighted by Gasteiger charge is -2.07. The van der Waals surface area contributed by atoms with Gasteiger partial charge in [-0.15, -0.1) is 11.3 Å². The Bertz CT molecular complexity index is 617. The van der Waals surface area contributed by atoms with E-state index in [2.05, 4.69) is 28.9 Å². The second-order valence-corrected chi connectivity index (χ2v) is 7.50. The lowest BCUT2D eigenvalue weighted by Crippen LogP contribution is -2.18. The summed E-state index contributed by atoms with van der Waals surface area (Å²) < 4.78 is 24.4. The van der Waals surface area contributed by atoms with E-state index in [4.69, 9.17) is 0 Å². The van der Waals surface area contributed by atoms with Gasteiger partial charge in [0, 0.05) is 22.7 Å². The van der Waals surface area contributed by atoms with Crippen LogP contribution in [0.1, 0.15) is 13.3 Å². The topological polar surface area (TPSA) is 46.2 Å². The molecule has 18 heavy (non-hydrogen) atoms. The summed E-state index contributed by atoms with van der Waals surface area (Å²) in [5.41, 5.74) is 0.979. The normalized spacial score (nSPS) is 11.8. The molecule has 0 fully saturated rings. The Balaban J connectivity index is 1.94. The van der Waals surface area contributed by atoms with Crippen LogP contribution in [0.4, 0.5) is 5.69 Å². The molecule has 0 aliphatic heterocycles. The molecule has 0 amide bonds. The third kappa shape index (κ3) is 3.46. The molecule has 2 aromatic rings. The van der Waals surface area contributed by atoms with Gasteiger partial charge in [0.05, 0.1) is 5.75 Å². The van der Waals surface area contributed by atoms with Crippen LogP contribution in [0.25, 0.3) is 10.1 Å². The van der Waals surface area contributed by atoms with Crippen molar-refractivity contribution in [2.24, 2.45) is 0 Å². The number of anilines is 1. The molecule has 1 aromatic heterocycles. The van der Waals surface area contributed by atoms with Crippen LogP contribution in [0.2, 0.25) is 0 Å². The summed E-state index contributed by atoms with van der Waals surface area (Å²) in [6, 6.07) is 8.17. The Hall–Kier alpha value is -1.07. The number of hydrogen-bond acceptors (Lipinski definition) is 4. The van der Waals surface area contributed by atoms with Crippen molar-refractivity contribution in [3.63, 3.8) is 0 Å². The van der Waals surface area contributed by atoms with E-state index in [0.29, 0.717) is 13.0 Å². The highest BCUT2D eigenvalue weighted by Crippen LogP contribution is 2.23. The molecule has 98 valence electrons. The fourth-order valence-electron chi connectivity index (χ4n) is 1.84. The van der Waals surface area contributed by atoms with Gasteiger partial charge < -0.3 is 5.32 Å². The highest BCUT2D eigenvalue weighted by molar-refractivity contribution is 7.91. The van der Waals surface area contributed by atoms with Crippen LogP contribution in [-0.2, 0) is 9.84 Å². The highest BCUT2D eigenvalue weighted by atomic mass is 32.2. The van der Waals surface area contributed by atoms with Crippen LogP contribution in [-0.4, -0.2) is 26.5 Å². The van der Waals surface area contributed by atoms with Crippen molar-refractivity contribution in [1.82, 2.24) is 0 Å². The first-order valence-corrected chi connectivity index (χ1v) is 8.72. The van der Waals surface area contributed by atoms with E-state index in [1.807, 2.05) is 13.0 Å². The van der Waals surface area contributed by atoms with Gasteiger partial charge in [-0.05, 0) is 41.5 Å². The van der Waals surface area contributed by atoms with E-state index < -0.39 is 9.84 Å². The fourth-order valence-corrected chi connectivity index (χ4v) is 3.85. The molecule has 0 saturated heterocycles. The van der Waals surface area contributed by atoms with Gasteiger partial charge in [-0.25, -0.2) is 8.42 Å². The molecule has 0 unspecified atom stereocenters. The molecule has 3 nitrogen and oxygen atoms in total. The third-order valence-electron chi connectivity index (χ3n) is 2.71. The average Bonchev–Trinajstić information content (AvgIpc) is 2.75. The van der Waals surface area contributed by atoms with Gasteiger partial charge in [-0.2, -0.15) is 0 Å². The molecule has 5 heteroatoms. The number of rotatable bonds is 6. The van der Waals surface area contributed by atoms with Crippen molar-refractivity contribution in [1.29, 1.82) is 0 Å². The molecule has 1 aromatic carbocycles. The van der Waals surface area contributed by atoms with Crippen LogP contribution < -0.4 is 5.32 Å². The van der Waals surface area contributed by atoms with Crippen molar-refractivity contribution < 1.29 is 8.42 Å². The van der Waals surface area contributed by atoms with Crippen molar-refractivity contribution in [2.75, 3.05) is 23.4 Å². The summed E-state index contributed by atoms with van der Waals surface area (Å²) >= 11 is 1.71. The monoisotopic (exact) mass is 283 g/mol. The molecule has 0 atom stereocenters. The lowest BCUT2D eigenvalue weighted by atomic mass is 10.2. The predicted molar refractivity (Wildman–Crippen MR) is 79.3 cm³/mol. The van der Waals surface area contributed by atoms with Gasteiger partial charge in [0.15, 0.2) is 9.84 Å². The zero-order valence-electron chi connectivity index (χ0n) is 10.3. The van der Waals surface area contributed by atoms with Gasteiger partial charge >= 0.3 is 0 Å². The number of fused-ring (bicyclic) bond motifs is 1. The molecule has 0 aliphatic carbocycles. The standard InChI is InChI=1S/C13H17NO2S2/c1-2-8-18(15,16)9-6-14-12-3-4-13-11(10-12)5-7-17-13/h3-5,7,10,14H,2,6,8-9H2,1H3. The Morgan fingerprint density at radius 3 is 2.83 bits per heavy atom.